The van der Waals surface area contributed by atoms with E-state index in [0.717, 1.165) is 25.2 Å². The van der Waals surface area contributed by atoms with Gasteiger partial charge in [0, 0.05) is 55.8 Å². The first-order valence-corrected chi connectivity index (χ1v) is 12.1. The number of ether oxygens (including phenoxy) is 1. The minimum atomic E-state index is -4.82. The van der Waals surface area contributed by atoms with Crippen molar-refractivity contribution in [3.8, 4) is 0 Å². The zero-order valence-corrected chi connectivity index (χ0v) is 19.7. The van der Waals surface area contributed by atoms with Crippen LogP contribution in [0.1, 0.15) is 43.2 Å². The van der Waals surface area contributed by atoms with Crippen LogP contribution in [0.5, 0.6) is 0 Å². The average molecular weight is 508 g/mol. The molecule has 1 saturated heterocycles. The summed E-state index contributed by atoms with van der Waals surface area (Å²) in [4.78, 5) is 35.0. The molecule has 0 radical (unpaired) electrons. The van der Waals surface area contributed by atoms with Crippen LogP contribution in [0.2, 0.25) is 0 Å². The van der Waals surface area contributed by atoms with Crippen molar-refractivity contribution >= 4 is 17.5 Å². The number of hydrogen-bond donors (Lipinski definition) is 3. The van der Waals surface area contributed by atoms with Gasteiger partial charge >= 0.3 is 6.18 Å². The highest BCUT2D eigenvalue weighted by Gasteiger charge is 2.56. The molecule has 3 fully saturated rings. The predicted octanol–water partition coefficient (Wildman–Crippen LogP) is 1.91. The highest BCUT2D eigenvalue weighted by molar-refractivity contribution is 5.77. The van der Waals surface area contributed by atoms with E-state index in [-0.39, 0.29) is 31.6 Å². The van der Waals surface area contributed by atoms with Crippen molar-refractivity contribution in [2.75, 3.05) is 36.5 Å². The summed E-state index contributed by atoms with van der Waals surface area (Å²) in [5, 5.41) is 10.9. The summed E-state index contributed by atoms with van der Waals surface area (Å²) in [5.41, 5.74) is -1.86. The number of H-pyrrole nitrogens is 1. The van der Waals surface area contributed by atoms with Gasteiger partial charge < -0.3 is 20.3 Å². The molecule has 3 aliphatic rings. The number of anilines is 2. The van der Waals surface area contributed by atoms with Crippen molar-refractivity contribution in [1.29, 1.82) is 0 Å². The van der Waals surface area contributed by atoms with Crippen LogP contribution >= 0.6 is 0 Å². The van der Waals surface area contributed by atoms with Gasteiger partial charge in [0.15, 0.2) is 0 Å². The van der Waals surface area contributed by atoms with Gasteiger partial charge in [0.25, 0.3) is 5.56 Å². The lowest BCUT2D eigenvalue weighted by molar-refractivity contribution is -0.138. The van der Waals surface area contributed by atoms with Crippen LogP contribution in [-0.2, 0) is 15.7 Å². The summed E-state index contributed by atoms with van der Waals surface area (Å²) in [6, 6.07) is -0.392. The molecule has 1 amide bonds. The van der Waals surface area contributed by atoms with E-state index in [1.807, 2.05) is 12.4 Å². The number of fused-ring (bicyclic) bond motifs is 1. The van der Waals surface area contributed by atoms with E-state index in [9.17, 15) is 22.8 Å². The van der Waals surface area contributed by atoms with Gasteiger partial charge in [-0.1, -0.05) is 0 Å². The fourth-order valence-corrected chi connectivity index (χ4v) is 4.81. The highest BCUT2D eigenvalue weighted by Crippen LogP contribution is 2.46. The SMILES string of the molecule is C[C@@H](COCCC(=O)NC1[C@H]2CN(c3ncc(C4CC4)cn3)C[C@@H]12)Nc1cn[nH]c(=O)c1C(F)(F)F. The molecule has 2 aromatic heterocycles. The molecule has 2 aliphatic carbocycles. The van der Waals surface area contributed by atoms with Crippen LogP contribution in [0.15, 0.2) is 23.4 Å². The highest BCUT2D eigenvalue weighted by atomic mass is 19.4. The summed E-state index contributed by atoms with van der Waals surface area (Å²) in [6.45, 7) is 3.43. The largest absolute Gasteiger partial charge is 0.423 e. The van der Waals surface area contributed by atoms with Gasteiger partial charge in [-0.05, 0) is 31.2 Å². The Bertz CT molecular complexity index is 1140. The Morgan fingerprint density at radius 1 is 1.22 bits per heavy atom. The van der Waals surface area contributed by atoms with Crippen molar-refractivity contribution in [2.45, 2.75) is 50.4 Å². The van der Waals surface area contributed by atoms with Gasteiger partial charge in [0.2, 0.25) is 11.9 Å². The summed E-state index contributed by atoms with van der Waals surface area (Å²) < 4.78 is 44.8. The molecule has 5 rings (SSSR count). The van der Waals surface area contributed by atoms with Crippen molar-refractivity contribution < 1.29 is 22.7 Å². The van der Waals surface area contributed by atoms with Gasteiger partial charge in [0.05, 0.1) is 25.1 Å². The summed E-state index contributed by atoms with van der Waals surface area (Å²) in [5.74, 6) is 2.02. The van der Waals surface area contributed by atoms with E-state index < -0.39 is 29.0 Å². The Hall–Kier alpha value is -3.22. The number of piperidine rings is 1. The fourth-order valence-electron chi connectivity index (χ4n) is 4.81. The van der Waals surface area contributed by atoms with Crippen molar-refractivity contribution in [3.05, 3.63) is 40.1 Å². The number of rotatable bonds is 10. The first-order valence-electron chi connectivity index (χ1n) is 12.1. The van der Waals surface area contributed by atoms with Gasteiger partial charge in [-0.2, -0.15) is 18.3 Å². The van der Waals surface area contributed by atoms with Gasteiger partial charge in [0.1, 0.15) is 5.56 Å². The lowest BCUT2D eigenvalue weighted by Crippen LogP contribution is -2.35. The number of alkyl halides is 3. The third-order valence-corrected chi connectivity index (χ3v) is 6.89. The summed E-state index contributed by atoms with van der Waals surface area (Å²) >= 11 is 0. The number of nitrogens with one attached hydrogen (secondary N) is 3. The Kier molecular flexibility index (Phi) is 6.58. The van der Waals surface area contributed by atoms with Crippen LogP contribution in [0, 0.1) is 11.8 Å². The number of hydrogen-bond acceptors (Lipinski definition) is 8. The Morgan fingerprint density at radius 2 is 1.92 bits per heavy atom. The Morgan fingerprint density at radius 3 is 2.56 bits per heavy atom. The van der Waals surface area contributed by atoms with Gasteiger partial charge in [-0.3, -0.25) is 9.59 Å². The Labute approximate surface area is 205 Å². The van der Waals surface area contributed by atoms with Crippen molar-refractivity contribution in [3.63, 3.8) is 0 Å². The third-order valence-electron chi connectivity index (χ3n) is 6.89. The normalized spacial score (nSPS) is 23.8. The lowest BCUT2D eigenvalue weighted by atomic mass is 10.2. The molecular formula is C23H28F3N7O3. The average Bonchev–Trinajstić information content (AvgIpc) is 3.73. The first-order chi connectivity index (χ1) is 17.2. The molecule has 13 heteroatoms. The van der Waals surface area contributed by atoms with E-state index in [1.165, 1.54) is 18.4 Å². The number of carbonyl (C=O) groups is 1. The molecule has 3 N–H and O–H groups in total. The quantitative estimate of drug-likeness (QED) is 0.417. The second kappa shape index (κ2) is 9.68. The standard InChI is InChI=1S/C23H28F3N7O3/c1-12(30-17-8-29-32-21(35)19(17)23(24,25)26)11-36-5-4-18(34)31-20-15-9-33(10-16(15)20)22-27-6-14(7-28-22)13-2-3-13/h6-8,12-13,15-16,20H,2-5,9-11H2,1H3,(H,31,34)(H2,30,32,35)/t12-,15-,16+,20?/m0/s1. The van der Waals surface area contributed by atoms with E-state index in [0.29, 0.717) is 17.8 Å². The van der Waals surface area contributed by atoms with E-state index in [4.69, 9.17) is 4.74 Å². The maximum atomic E-state index is 13.1. The second-order valence-electron chi connectivity index (χ2n) is 9.77. The summed E-state index contributed by atoms with van der Waals surface area (Å²) in [6.07, 6.45) is 2.53. The molecule has 10 nitrogen and oxygen atoms in total. The van der Waals surface area contributed by atoms with E-state index in [1.54, 1.807) is 12.0 Å². The maximum absolute atomic E-state index is 13.1. The van der Waals surface area contributed by atoms with Crippen LogP contribution in [0.3, 0.4) is 0 Å². The molecule has 0 bridgehead atoms. The first kappa shape index (κ1) is 24.5. The zero-order valence-electron chi connectivity index (χ0n) is 19.7. The zero-order chi connectivity index (χ0) is 25.4. The minimum absolute atomic E-state index is 0.0561. The number of amides is 1. The molecule has 0 spiro atoms. The summed E-state index contributed by atoms with van der Waals surface area (Å²) in [7, 11) is 0. The smallest absolute Gasteiger partial charge is 0.379 e. The molecule has 194 valence electrons. The monoisotopic (exact) mass is 507 g/mol. The van der Waals surface area contributed by atoms with E-state index >= 15 is 0 Å². The number of nitrogens with zero attached hydrogens (tertiary/aromatic N) is 4. The molecule has 2 saturated carbocycles. The fraction of sp³-hybridized carbons (Fsp3) is 0.609. The Balaban J connectivity index is 0.993. The lowest BCUT2D eigenvalue weighted by Gasteiger charge is -2.20. The number of aromatic nitrogens is 4. The minimum Gasteiger partial charge on any atom is -0.379 e. The number of halogens is 3. The van der Waals surface area contributed by atoms with Crippen molar-refractivity contribution in [1.82, 2.24) is 25.5 Å². The molecule has 36 heavy (non-hydrogen) atoms. The van der Waals surface area contributed by atoms with Crippen LogP contribution in [0.25, 0.3) is 0 Å². The van der Waals surface area contributed by atoms with Crippen LogP contribution in [0.4, 0.5) is 24.8 Å². The molecule has 1 unspecified atom stereocenters. The topological polar surface area (TPSA) is 125 Å². The maximum Gasteiger partial charge on any atom is 0.423 e. The molecule has 3 heterocycles. The van der Waals surface area contributed by atoms with Gasteiger partial charge in [-0.25, -0.2) is 15.1 Å². The van der Waals surface area contributed by atoms with E-state index in [2.05, 4.69) is 30.6 Å². The van der Waals surface area contributed by atoms with Gasteiger partial charge in [-0.15, -0.1) is 0 Å². The molecule has 1 aliphatic heterocycles. The second-order valence-corrected chi connectivity index (χ2v) is 9.77. The van der Waals surface area contributed by atoms with Crippen LogP contribution in [-0.4, -0.2) is 64.5 Å². The molecule has 4 atom stereocenters. The van der Waals surface area contributed by atoms with Crippen LogP contribution < -0.4 is 21.1 Å². The molecular weight excluding hydrogens is 479 g/mol. The molecule has 2 aromatic rings. The third kappa shape index (κ3) is 5.45. The van der Waals surface area contributed by atoms with Crippen molar-refractivity contribution in [2.24, 2.45) is 11.8 Å². The number of carbonyl (C=O) groups excluding carboxylic acids is 1. The number of aromatic amines is 1. The predicted molar refractivity (Wildman–Crippen MR) is 124 cm³/mol. The molecule has 0 aromatic carbocycles.